The molecule has 3 amide bonds. The van der Waals surface area contributed by atoms with Gasteiger partial charge in [0.05, 0.1) is 12.2 Å². The maximum absolute atomic E-state index is 14.4. The Morgan fingerprint density at radius 2 is 1.73 bits per heavy atom. The van der Waals surface area contributed by atoms with Crippen molar-refractivity contribution in [2.75, 3.05) is 22.5 Å². The number of aryl methyl sites for hydroxylation is 1. The van der Waals surface area contributed by atoms with Crippen LogP contribution in [0.5, 0.6) is 0 Å². The summed E-state index contributed by atoms with van der Waals surface area (Å²) in [6.07, 6.45) is 0. The second kappa shape index (κ2) is 8.19. The van der Waals surface area contributed by atoms with E-state index < -0.39 is 22.5 Å². The van der Waals surface area contributed by atoms with Gasteiger partial charge in [0.25, 0.3) is 5.91 Å². The van der Waals surface area contributed by atoms with Crippen LogP contribution in [0.25, 0.3) is 0 Å². The van der Waals surface area contributed by atoms with E-state index in [1.54, 1.807) is 36.4 Å². The van der Waals surface area contributed by atoms with Crippen LogP contribution in [0, 0.1) is 18.6 Å². The molecule has 1 saturated heterocycles. The van der Waals surface area contributed by atoms with Gasteiger partial charge in [0.2, 0.25) is 0 Å². The standard InChI is InChI=1S/C25H21F2N3O2S/c1-16-9-11-17(12-10-16)28-24(32)30-13-14-33-25(30)19-5-2-3-8-22(19)29(23(25)31)15-18-20(26)6-4-7-21(18)27/h2-12H,13-15H2,1H3,(H,28,32)/t25-/m1/s1. The average Bonchev–Trinajstić information content (AvgIpc) is 3.35. The van der Waals surface area contributed by atoms with Crippen molar-refractivity contribution in [1.82, 2.24) is 4.90 Å². The molecule has 0 radical (unpaired) electrons. The Kier molecular flexibility index (Phi) is 5.32. The lowest BCUT2D eigenvalue weighted by Gasteiger charge is -2.33. The van der Waals surface area contributed by atoms with Gasteiger partial charge >= 0.3 is 6.03 Å². The third-order valence-electron chi connectivity index (χ3n) is 6.03. The maximum atomic E-state index is 14.4. The maximum Gasteiger partial charge on any atom is 0.323 e. The Balaban J connectivity index is 1.52. The summed E-state index contributed by atoms with van der Waals surface area (Å²) in [6, 6.07) is 17.8. The van der Waals surface area contributed by atoms with Gasteiger partial charge in [-0.3, -0.25) is 9.69 Å². The van der Waals surface area contributed by atoms with Gasteiger partial charge in [-0.05, 0) is 37.3 Å². The largest absolute Gasteiger partial charge is 0.323 e. The van der Waals surface area contributed by atoms with E-state index in [0.717, 1.165) is 5.56 Å². The quantitative estimate of drug-likeness (QED) is 0.575. The van der Waals surface area contributed by atoms with E-state index >= 15 is 0 Å². The molecule has 1 atom stereocenters. The molecule has 168 valence electrons. The monoisotopic (exact) mass is 465 g/mol. The van der Waals surface area contributed by atoms with Gasteiger partial charge in [-0.25, -0.2) is 13.6 Å². The van der Waals surface area contributed by atoms with Crippen LogP contribution >= 0.6 is 11.8 Å². The Labute approximate surface area is 194 Å². The Morgan fingerprint density at radius 3 is 2.45 bits per heavy atom. The van der Waals surface area contributed by atoms with Crippen molar-refractivity contribution in [1.29, 1.82) is 0 Å². The topological polar surface area (TPSA) is 52.7 Å². The fourth-order valence-electron chi connectivity index (χ4n) is 4.39. The number of hydrogen-bond acceptors (Lipinski definition) is 3. The van der Waals surface area contributed by atoms with Gasteiger partial charge in [-0.1, -0.05) is 42.0 Å². The van der Waals surface area contributed by atoms with Crippen molar-refractivity contribution in [3.63, 3.8) is 0 Å². The number of benzene rings is 3. The van der Waals surface area contributed by atoms with Crippen LogP contribution in [0.1, 0.15) is 16.7 Å². The molecule has 3 aromatic rings. The van der Waals surface area contributed by atoms with Crippen LogP contribution in [0.3, 0.4) is 0 Å². The summed E-state index contributed by atoms with van der Waals surface area (Å²) in [5.74, 6) is -1.25. The van der Waals surface area contributed by atoms with Gasteiger partial charge in [-0.15, -0.1) is 11.8 Å². The molecule has 0 unspecified atom stereocenters. The summed E-state index contributed by atoms with van der Waals surface area (Å²) in [5, 5.41) is 2.88. The molecular weight excluding hydrogens is 444 g/mol. The molecule has 0 aliphatic carbocycles. The highest BCUT2D eigenvalue weighted by Gasteiger charge is 2.59. The van der Waals surface area contributed by atoms with Crippen LogP contribution < -0.4 is 10.2 Å². The van der Waals surface area contributed by atoms with Crippen molar-refractivity contribution in [3.8, 4) is 0 Å². The highest BCUT2D eigenvalue weighted by atomic mass is 32.2. The number of amides is 3. The molecule has 1 N–H and O–H groups in total. The SMILES string of the molecule is Cc1ccc(NC(=O)N2CCS[C@]23C(=O)N(Cc2c(F)cccc2F)c2ccccc23)cc1. The minimum absolute atomic E-state index is 0.184. The summed E-state index contributed by atoms with van der Waals surface area (Å²) >= 11 is 1.36. The minimum atomic E-state index is -1.28. The number of hydrogen-bond donors (Lipinski definition) is 1. The van der Waals surface area contributed by atoms with Crippen LogP contribution in [0.15, 0.2) is 66.7 Å². The van der Waals surface area contributed by atoms with Crippen molar-refractivity contribution in [2.45, 2.75) is 18.3 Å². The predicted octanol–water partition coefficient (Wildman–Crippen LogP) is 5.25. The summed E-state index contributed by atoms with van der Waals surface area (Å²) in [7, 11) is 0. The van der Waals surface area contributed by atoms with Crippen LogP contribution in [0.2, 0.25) is 0 Å². The highest BCUT2D eigenvalue weighted by Crippen LogP contribution is 2.54. The van der Waals surface area contributed by atoms with E-state index in [1.807, 2.05) is 19.1 Å². The molecule has 8 heteroatoms. The summed E-state index contributed by atoms with van der Waals surface area (Å²) in [6.45, 7) is 2.06. The lowest BCUT2D eigenvalue weighted by atomic mass is 10.1. The highest BCUT2D eigenvalue weighted by molar-refractivity contribution is 8.01. The summed E-state index contributed by atoms with van der Waals surface area (Å²) < 4.78 is 28.8. The molecule has 1 fully saturated rings. The predicted molar refractivity (Wildman–Crippen MR) is 125 cm³/mol. The second-order valence-electron chi connectivity index (χ2n) is 8.05. The molecule has 5 nitrogen and oxygen atoms in total. The summed E-state index contributed by atoms with van der Waals surface area (Å²) in [5.41, 5.74) is 2.70. The minimum Gasteiger partial charge on any atom is -0.308 e. The van der Waals surface area contributed by atoms with Gasteiger partial charge in [0.1, 0.15) is 11.6 Å². The first-order chi connectivity index (χ1) is 15.9. The number of rotatable bonds is 3. The number of urea groups is 1. The zero-order valence-electron chi connectivity index (χ0n) is 17.8. The number of thioether (sulfide) groups is 1. The number of nitrogens with one attached hydrogen (secondary N) is 1. The first-order valence-electron chi connectivity index (χ1n) is 10.6. The normalized spacial score (nSPS) is 19.3. The molecular formula is C25H21F2N3O2S. The molecule has 33 heavy (non-hydrogen) atoms. The number of para-hydroxylation sites is 1. The molecule has 0 saturated carbocycles. The van der Waals surface area contributed by atoms with Gasteiger partial charge in [0, 0.05) is 29.1 Å². The van der Waals surface area contributed by atoms with Crippen LogP contribution in [-0.4, -0.2) is 29.1 Å². The zero-order chi connectivity index (χ0) is 23.2. The fourth-order valence-corrected chi connectivity index (χ4v) is 5.86. The smallest absolute Gasteiger partial charge is 0.308 e. The van der Waals surface area contributed by atoms with Crippen molar-refractivity contribution in [2.24, 2.45) is 0 Å². The Morgan fingerprint density at radius 1 is 1.03 bits per heavy atom. The number of carbonyl (C=O) groups excluding carboxylic acids is 2. The molecule has 1 spiro atoms. The molecule has 2 heterocycles. The lowest BCUT2D eigenvalue weighted by molar-refractivity contribution is -0.123. The zero-order valence-corrected chi connectivity index (χ0v) is 18.7. The summed E-state index contributed by atoms with van der Waals surface area (Å²) in [4.78, 5) is 28.8. The Bertz CT molecular complexity index is 1230. The number of fused-ring (bicyclic) bond motifs is 2. The molecule has 0 aromatic heterocycles. The van der Waals surface area contributed by atoms with Crippen LogP contribution in [0.4, 0.5) is 25.0 Å². The van der Waals surface area contributed by atoms with Crippen molar-refractivity contribution in [3.05, 3.63) is 95.1 Å². The number of anilines is 2. The van der Waals surface area contributed by atoms with E-state index in [9.17, 15) is 18.4 Å². The van der Waals surface area contributed by atoms with Gasteiger partial charge < -0.3 is 10.2 Å². The van der Waals surface area contributed by atoms with Gasteiger partial charge in [-0.2, -0.15) is 0 Å². The molecule has 0 bridgehead atoms. The van der Waals surface area contributed by atoms with Gasteiger partial charge in [0.15, 0.2) is 4.87 Å². The number of carbonyl (C=O) groups is 2. The van der Waals surface area contributed by atoms with E-state index in [4.69, 9.17) is 0 Å². The fraction of sp³-hybridized carbons (Fsp3) is 0.200. The van der Waals surface area contributed by atoms with E-state index in [1.165, 1.54) is 39.8 Å². The van der Waals surface area contributed by atoms with E-state index in [0.29, 0.717) is 29.2 Å². The lowest BCUT2D eigenvalue weighted by Crippen LogP contribution is -2.51. The third kappa shape index (κ3) is 3.45. The van der Waals surface area contributed by atoms with E-state index in [-0.39, 0.29) is 18.0 Å². The second-order valence-corrected chi connectivity index (χ2v) is 9.34. The van der Waals surface area contributed by atoms with Crippen LogP contribution in [-0.2, 0) is 16.2 Å². The molecule has 2 aliphatic rings. The van der Waals surface area contributed by atoms with Crippen molar-refractivity contribution >= 4 is 35.1 Å². The molecule has 3 aromatic carbocycles. The molecule has 2 aliphatic heterocycles. The number of nitrogens with zero attached hydrogens (tertiary/aromatic N) is 2. The van der Waals surface area contributed by atoms with Crippen molar-refractivity contribution < 1.29 is 18.4 Å². The number of halogens is 2. The first kappa shape index (κ1) is 21.5. The van der Waals surface area contributed by atoms with E-state index in [2.05, 4.69) is 5.32 Å². The average molecular weight is 466 g/mol. The first-order valence-corrected chi connectivity index (χ1v) is 11.5. The molecule has 5 rings (SSSR count). The third-order valence-corrected chi connectivity index (χ3v) is 7.45. The Hall–Kier alpha value is -3.39.